The van der Waals surface area contributed by atoms with Crippen LogP contribution in [0.4, 0.5) is 4.79 Å². The molecule has 1 heterocycles. The maximum atomic E-state index is 12.4. The van der Waals surface area contributed by atoms with E-state index in [0.29, 0.717) is 5.92 Å². The molecule has 0 spiro atoms. The molecule has 0 fully saturated rings. The van der Waals surface area contributed by atoms with E-state index in [1.807, 2.05) is 25.7 Å². The van der Waals surface area contributed by atoms with E-state index < -0.39 is 5.60 Å². The first kappa shape index (κ1) is 15.9. The fraction of sp³-hybridized carbons (Fsp3) is 0.611. The van der Waals surface area contributed by atoms with Crippen LogP contribution in [-0.4, -0.2) is 23.1 Å². The molecule has 0 aromatic heterocycles. The molecular formula is C18H27NO2. The van der Waals surface area contributed by atoms with Crippen LogP contribution in [0.25, 0.3) is 0 Å². The van der Waals surface area contributed by atoms with Crippen LogP contribution in [0.1, 0.15) is 70.2 Å². The summed E-state index contributed by atoms with van der Waals surface area (Å²) in [4.78, 5) is 14.2. The molecule has 2 rings (SSSR count). The normalized spacial score (nSPS) is 18.6. The minimum Gasteiger partial charge on any atom is -0.444 e. The lowest BCUT2D eigenvalue weighted by Crippen LogP contribution is -2.42. The van der Waals surface area contributed by atoms with Gasteiger partial charge in [-0.3, -0.25) is 0 Å². The first-order valence-electron chi connectivity index (χ1n) is 7.81. The molecule has 3 nitrogen and oxygen atoms in total. The summed E-state index contributed by atoms with van der Waals surface area (Å²) >= 11 is 0. The molecular weight excluding hydrogens is 262 g/mol. The molecule has 1 aromatic rings. The predicted octanol–water partition coefficient (Wildman–Crippen LogP) is 4.66. The molecule has 0 radical (unpaired) electrons. The zero-order valence-electron chi connectivity index (χ0n) is 14.1. The molecule has 1 aliphatic rings. The highest BCUT2D eigenvalue weighted by atomic mass is 16.6. The summed E-state index contributed by atoms with van der Waals surface area (Å²) in [6.45, 7) is 12.9. The summed E-state index contributed by atoms with van der Waals surface area (Å²) in [5.41, 5.74) is 3.49. The van der Waals surface area contributed by atoms with Gasteiger partial charge in [0.15, 0.2) is 0 Å². The maximum Gasteiger partial charge on any atom is 0.410 e. The van der Waals surface area contributed by atoms with Gasteiger partial charge >= 0.3 is 6.09 Å². The Labute approximate surface area is 128 Å². The highest BCUT2D eigenvalue weighted by molar-refractivity contribution is 5.69. The summed E-state index contributed by atoms with van der Waals surface area (Å²) in [5, 5.41) is 0. The zero-order valence-corrected chi connectivity index (χ0v) is 14.1. The minimum absolute atomic E-state index is 0.0716. The lowest BCUT2D eigenvalue weighted by atomic mass is 9.89. The third-order valence-electron chi connectivity index (χ3n) is 4.00. The molecule has 0 unspecified atom stereocenters. The molecule has 116 valence electrons. The van der Waals surface area contributed by atoms with E-state index >= 15 is 0 Å². The van der Waals surface area contributed by atoms with Crippen molar-refractivity contribution in [2.45, 2.75) is 65.5 Å². The summed E-state index contributed by atoms with van der Waals surface area (Å²) in [7, 11) is 0. The van der Waals surface area contributed by atoms with Crippen molar-refractivity contribution in [2.75, 3.05) is 6.54 Å². The van der Waals surface area contributed by atoms with E-state index in [2.05, 4.69) is 39.0 Å². The van der Waals surface area contributed by atoms with Crippen LogP contribution in [0.5, 0.6) is 0 Å². The number of hydrogen-bond donors (Lipinski definition) is 0. The molecule has 3 heteroatoms. The molecule has 21 heavy (non-hydrogen) atoms. The third kappa shape index (κ3) is 3.58. The number of fused-ring (bicyclic) bond motifs is 1. The smallest absolute Gasteiger partial charge is 0.410 e. The molecule has 0 bridgehead atoms. The molecule has 1 amide bonds. The van der Waals surface area contributed by atoms with E-state index in [9.17, 15) is 4.79 Å². The Kier molecular flexibility index (Phi) is 4.31. The van der Waals surface area contributed by atoms with Gasteiger partial charge in [-0.25, -0.2) is 4.79 Å². The van der Waals surface area contributed by atoms with Crippen LogP contribution >= 0.6 is 0 Å². The van der Waals surface area contributed by atoms with Crippen LogP contribution in [0.2, 0.25) is 0 Å². The number of rotatable bonds is 1. The Bertz CT molecular complexity index is 529. The van der Waals surface area contributed by atoms with Crippen LogP contribution in [-0.2, 0) is 11.2 Å². The van der Waals surface area contributed by atoms with E-state index in [0.717, 1.165) is 13.0 Å². The predicted molar refractivity (Wildman–Crippen MR) is 85.6 cm³/mol. The lowest BCUT2D eigenvalue weighted by molar-refractivity contribution is 0.0159. The van der Waals surface area contributed by atoms with Crippen molar-refractivity contribution in [3.8, 4) is 0 Å². The largest absolute Gasteiger partial charge is 0.444 e. The van der Waals surface area contributed by atoms with Crippen molar-refractivity contribution >= 4 is 6.09 Å². The average molecular weight is 289 g/mol. The van der Waals surface area contributed by atoms with Crippen molar-refractivity contribution < 1.29 is 9.53 Å². The van der Waals surface area contributed by atoms with Crippen LogP contribution in [0, 0.1) is 0 Å². The van der Waals surface area contributed by atoms with Gasteiger partial charge in [-0.15, -0.1) is 0 Å². The van der Waals surface area contributed by atoms with Gasteiger partial charge < -0.3 is 9.64 Å². The average Bonchev–Trinajstić information content (AvgIpc) is 2.36. The quantitative estimate of drug-likeness (QED) is 0.752. The van der Waals surface area contributed by atoms with Crippen LogP contribution < -0.4 is 0 Å². The molecule has 1 aromatic carbocycles. The first-order valence-corrected chi connectivity index (χ1v) is 7.81. The second kappa shape index (κ2) is 5.70. The fourth-order valence-electron chi connectivity index (χ4n) is 2.76. The Hall–Kier alpha value is -1.51. The fourth-order valence-corrected chi connectivity index (χ4v) is 2.76. The first-order chi connectivity index (χ1) is 9.69. The van der Waals surface area contributed by atoms with Gasteiger partial charge in [-0.2, -0.15) is 0 Å². The Morgan fingerprint density at radius 3 is 2.57 bits per heavy atom. The SMILES string of the molecule is CC(C)c1ccc2c(c1)[C@@H](C)N(C(=O)OC(C)(C)C)CC2. The number of nitrogens with zero attached hydrogens (tertiary/aromatic N) is 1. The Morgan fingerprint density at radius 2 is 2.00 bits per heavy atom. The second-order valence-corrected chi connectivity index (χ2v) is 7.21. The van der Waals surface area contributed by atoms with Crippen molar-refractivity contribution in [1.29, 1.82) is 0 Å². The third-order valence-corrected chi connectivity index (χ3v) is 4.00. The standard InChI is InChI=1S/C18H27NO2/c1-12(2)15-8-7-14-9-10-19(13(3)16(14)11-15)17(20)21-18(4,5)6/h7-8,11-13H,9-10H2,1-6H3/t13-/m1/s1. The number of hydrogen-bond acceptors (Lipinski definition) is 2. The van der Waals surface area contributed by atoms with E-state index in [1.165, 1.54) is 16.7 Å². The number of ether oxygens (including phenoxy) is 1. The lowest BCUT2D eigenvalue weighted by Gasteiger charge is -2.36. The Morgan fingerprint density at radius 1 is 1.33 bits per heavy atom. The van der Waals surface area contributed by atoms with E-state index in [4.69, 9.17) is 4.74 Å². The number of amides is 1. The van der Waals surface area contributed by atoms with Crippen molar-refractivity contribution in [2.24, 2.45) is 0 Å². The highest BCUT2D eigenvalue weighted by Crippen LogP contribution is 2.32. The van der Waals surface area contributed by atoms with Gasteiger partial charge in [0.25, 0.3) is 0 Å². The molecule has 1 aliphatic heterocycles. The summed E-state index contributed by atoms with van der Waals surface area (Å²) < 4.78 is 5.53. The Balaban J connectivity index is 2.24. The van der Waals surface area contributed by atoms with E-state index in [-0.39, 0.29) is 12.1 Å². The van der Waals surface area contributed by atoms with Gasteiger partial charge in [-0.05, 0) is 56.7 Å². The van der Waals surface area contributed by atoms with Gasteiger partial charge in [0.1, 0.15) is 5.60 Å². The van der Waals surface area contributed by atoms with Gasteiger partial charge in [0.2, 0.25) is 0 Å². The van der Waals surface area contributed by atoms with Gasteiger partial charge in [-0.1, -0.05) is 32.0 Å². The summed E-state index contributed by atoms with van der Waals surface area (Å²) in [5.74, 6) is 0.499. The number of carbonyl (C=O) groups excluding carboxylic acids is 1. The summed E-state index contributed by atoms with van der Waals surface area (Å²) in [6, 6.07) is 6.75. The molecule has 0 aliphatic carbocycles. The number of benzene rings is 1. The van der Waals surface area contributed by atoms with Crippen molar-refractivity contribution in [3.05, 3.63) is 34.9 Å². The highest BCUT2D eigenvalue weighted by Gasteiger charge is 2.31. The van der Waals surface area contributed by atoms with Crippen molar-refractivity contribution in [3.63, 3.8) is 0 Å². The minimum atomic E-state index is -0.448. The van der Waals surface area contributed by atoms with Gasteiger partial charge in [0, 0.05) is 6.54 Å². The zero-order chi connectivity index (χ0) is 15.8. The second-order valence-electron chi connectivity index (χ2n) is 7.21. The maximum absolute atomic E-state index is 12.4. The molecule has 0 saturated heterocycles. The topological polar surface area (TPSA) is 29.5 Å². The van der Waals surface area contributed by atoms with Gasteiger partial charge in [0.05, 0.1) is 6.04 Å². The monoisotopic (exact) mass is 289 g/mol. The molecule has 1 atom stereocenters. The molecule has 0 N–H and O–H groups in total. The molecule has 0 saturated carbocycles. The van der Waals surface area contributed by atoms with Crippen molar-refractivity contribution in [1.82, 2.24) is 4.90 Å². The van der Waals surface area contributed by atoms with Crippen LogP contribution in [0.15, 0.2) is 18.2 Å². The number of carbonyl (C=O) groups is 1. The van der Waals surface area contributed by atoms with E-state index in [1.54, 1.807) is 0 Å². The summed E-state index contributed by atoms with van der Waals surface area (Å²) in [6.07, 6.45) is 0.688. The van der Waals surface area contributed by atoms with Crippen LogP contribution in [0.3, 0.4) is 0 Å².